The Bertz CT molecular complexity index is 2610. The van der Waals surface area contributed by atoms with E-state index in [1.807, 2.05) is 62.4 Å². The summed E-state index contributed by atoms with van der Waals surface area (Å²) in [6.07, 6.45) is 9.84. The average molecular weight is 912 g/mol. The number of alkyl carbamates (subject to hydrolysis) is 1. The summed E-state index contributed by atoms with van der Waals surface area (Å²) in [4.78, 5) is 63.3. The topological polar surface area (TPSA) is 209 Å². The van der Waals surface area contributed by atoms with Crippen LogP contribution in [-0.4, -0.2) is 107 Å². The van der Waals surface area contributed by atoms with E-state index < -0.39 is 68.7 Å². The number of benzene rings is 2. The van der Waals surface area contributed by atoms with Gasteiger partial charge in [-0.3, -0.25) is 19.1 Å². The molecule has 17 nitrogen and oxygen atoms in total. The van der Waals surface area contributed by atoms with Crippen LogP contribution in [0.15, 0.2) is 60.7 Å². The van der Waals surface area contributed by atoms with Gasteiger partial charge in [0.15, 0.2) is 5.65 Å². The minimum Gasteiger partial charge on any atom is -0.497 e. The maximum absolute atomic E-state index is 14.9. The van der Waals surface area contributed by atoms with E-state index in [2.05, 4.69) is 15.4 Å². The van der Waals surface area contributed by atoms with Gasteiger partial charge in [0.2, 0.25) is 27.7 Å². The first-order valence-corrected chi connectivity index (χ1v) is 24.5. The van der Waals surface area contributed by atoms with Gasteiger partial charge in [-0.15, -0.1) is 0 Å². The van der Waals surface area contributed by atoms with Crippen molar-refractivity contribution in [1.82, 2.24) is 34.9 Å². The molecule has 4 fully saturated rings. The van der Waals surface area contributed by atoms with Crippen molar-refractivity contribution in [3.05, 3.63) is 60.7 Å². The number of carbonyl (C=O) groups excluding carboxylic acids is 4. The Labute approximate surface area is 378 Å². The van der Waals surface area contributed by atoms with Gasteiger partial charge >= 0.3 is 6.09 Å². The standard InChI is InChI=1S/C47H57N7O10S/c1-28(2)62-32-17-15-29(16-18-32)38-25-41(54-42(48-38)36-22-19-33(61-3)23-39(36)51-54)63-34-24-40-43(55)50-47(45(57)52-65(59,60)35-20-21-35)26-30(47)11-7-5-4-6-8-14-37(44(56)53(40)27-34)49-46(58)64-31-12-9-10-13-31/h7,11,15-19,22-23,25,28,30-31,34-35,37,40H,4-6,8-10,12-14,20-21,24,26-27H2,1-3H3,(H,49,58)(H,50,55)(H,52,57)/b11-7-/t30-,34-,37+,40+,47-/m1/s1. The molecule has 3 aliphatic carbocycles. The molecule has 1 saturated heterocycles. The van der Waals surface area contributed by atoms with Crippen molar-refractivity contribution in [1.29, 1.82) is 0 Å². The molecule has 4 amide bonds. The molecule has 4 aromatic rings. The second-order valence-corrected chi connectivity index (χ2v) is 20.3. The Morgan fingerprint density at radius 1 is 0.923 bits per heavy atom. The Kier molecular flexibility index (Phi) is 12.4. The fourth-order valence-electron chi connectivity index (χ4n) is 9.33. The van der Waals surface area contributed by atoms with Gasteiger partial charge in [0.05, 0.1) is 36.2 Å². The molecule has 346 valence electrons. The Hall–Kier alpha value is -5.91. The third kappa shape index (κ3) is 9.58. The van der Waals surface area contributed by atoms with Gasteiger partial charge in [-0.2, -0.15) is 9.61 Å². The first-order chi connectivity index (χ1) is 31.3. The zero-order chi connectivity index (χ0) is 45.5. The van der Waals surface area contributed by atoms with Crippen molar-refractivity contribution in [3.63, 3.8) is 0 Å². The largest absolute Gasteiger partial charge is 0.497 e. The molecule has 2 aromatic heterocycles. The van der Waals surface area contributed by atoms with E-state index in [-0.39, 0.29) is 31.6 Å². The number of allylic oxidation sites excluding steroid dienone is 1. The van der Waals surface area contributed by atoms with Crippen LogP contribution >= 0.6 is 0 Å². The average Bonchev–Trinajstić information content (AvgIpc) is 4.09. The molecule has 5 atom stereocenters. The summed E-state index contributed by atoms with van der Waals surface area (Å²) in [5.74, 6) is -0.769. The number of hydrogen-bond donors (Lipinski definition) is 3. The van der Waals surface area contributed by atoms with E-state index >= 15 is 0 Å². The molecule has 18 heteroatoms. The lowest BCUT2D eigenvalue weighted by Gasteiger charge is -2.30. The van der Waals surface area contributed by atoms with E-state index in [9.17, 15) is 27.6 Å². The van der Waals surface area contributed by atoms with Gasteiger partial charge in [0, 0.05) is 35.4 Å². The first-order valence-electron chi connectivity index (χ1n) is 22.9. The molecular formula is C47H57N7O10S. The van der Waals surface area contributed by atoms with E-state index in [4.69, 9.17) is 29.0 Å². The number of nitrogens with zero attached hydrogens (tertiary/aromatic N) is 4. The molecule has 0 spiro atoms. The van der Waals surface area contributed by atoms with Crippen LogP contribution in [0.25, 0.3) is 27.8 Å². The lowest BCUT2D eigenvalue weighted by molar-refractivity contribution is -0.141. The summed E-state index contributed by atoms with van der Waals surface area (Å²) in [6.45, 7) is 3.86. The van der Waals surface area contributed by atoms with Crippen molar-refractivity contribution in [3.8, 4) is 28.6 Å². The Morgan fingerprint density at radius 2 is 1.68 bits per heavy atom. The second-order valence-electron chi connectivity index (χ2n) is 18.3. The third-order valence-corrected chi connectivity index (χ3v) is 14.9. The number of rotatable bonds is 11. The molecule has 2 aliphatic heterocycles. The lowest BCUT2D eigenvalue weighted by Crippen LogP contribution is -2.58. The molecular weight excluding hydrogens is 855 g/mol. The normalized spacial score (nSPS) is 25.8. The number of ether oxygens (including phenoxy) is 4. The van der Waals surface area contributed by atoms with Crippen LogP contribution in [0.1, 0.15) is 97.3 Å². The zero-order valence-corrected chi connectivity index (χ0v) is 37.8. The van der Waals surface area contributed by atoms with Gasteiger partial charge in [0.25, 0.3) is 5.91 Å². The van der Waals surface area contributed by atoms with Crippen molar-refractivity contribution in [2.45, 2.75) is 139 Å². The van der Waals surface area contributed by atoms with Gasteiger partial charge in [0.1, 0.15) is 41.3 Å². The van der Waals surface area contributed by atoms with Gasteiger partial charge in [-0.1, -0.05) is 25.0 Å². The van der Waals surface area contributed by atoms with Crippen molar-refractivity contribution in [2.75, 3.05) is 13.7 Å². The molecule has 3 saturated carbocycles. The highest BCUT2D eigenvalue weighted by Gasteiger charge is 2.62. The van der Waals surface area contributed by atoms with Crippen LogP contribution in [0.2, 0.25) is 0 Å². The fraction of sp³-hybridized carbons (Fsp3) is 0.532. The van der Waals surface area contributed by atoms with Crippen molar-refractivity contribution >= 4 is 50.4 Å². The van der Waals surface area contributed by atoms with Crippen LogP contribution in [0.5, 0.6) is 17.4 Å². The van der Waals surface area contributed by atoms with Crippen LogP contribution < -0.4 is 29.6 Å². The highest BCUT2D eigenvalue weighted by Crippen LogP contribution is 2.46. The smallest absolute Gasteiger partial charge is 0.408 e. The molecule has 5 aliphatic rings. The summed E-state index contributed by atoms with van der Waals surface area (Å²) in [5, 5.41) is 10.7. The van der Waals surface area contributed by atoms with Crippen LogP contribution in [-0.2, 0) is 29.1 Å². The van der Waals surface area contributed by atoms with Gasteiger partial charge in [-0.05, 0) is 114 Å². The SMILES string of the molecule is COc1ccc2c(c1)nn1c(O[C@@H]3C[C@H]4C(=O)N[C@]5(C(=O)NS(=O)(=O)C6CC6)C[C@H]5/C=C\CCCCC[C@H](NC(=O)OC5CCCC5)C(=O)N4C3)cc(-c3ccc(OC(C)C)cc3)nc21. The summed E-state index contributed by atoms with van der Waals surface area (Å²) in [6, 6.07) is 12.6. The molecule has 2 aromatic carbocycles. The van der Waals surface area contributed by atoms with Gasteiger partial charge in [-0.25, -0.2) is 18.2 Å². The van der Waals surface area contributed by atoms with E-state index in [1.54, 1.807) is 23.8 Å². The zero-order valence-electron chi connectivity index (χ0n) is 37.0. The minimum absolute atomic E-state index is 0.00436. The van der Waals surface area contributed by atoms with E-state index in [0.29, 0.717) is 66.3 Å². The predicted octanol–water partition coefficient (Wildman–Crippen LogP) is 5.73. The quantitative estimate of drug-likeness (QED) is 0.154. The summed E-state index contributed by atoms with van der Waals surface area (Å²) >= 11 is 0. The molecule has 0 unspecified atom stereocenters. The third-order valence-electron chi connectivity index (χ3n) is 13.1. The first kappa shape index (κ1) is 44.3. The lowest BCUT2D eigenvalue weighted by atomic mass is 10.0. The summed E-state index contributed by atoms with van der Waals surface area (Å²) in [5.41, 5.74) is 0.932. The molecule has 4 heterocycles. The molecule has 0 radical (unpaired) electrons. The number of fused-ring (bicyclic) bond motifs is 5. The number of nitrogens with one attached hydrogen (secondary N) is 3. The van der Waals surface area contributed by atoms with Crippen molar-refractivity contribution in [2.24, 2.45) is 5.92 Å². The number of methoxy groups -OCH3 is 1. The Morgan fingerprint density at radius 3 is 2.42 bits per heavy atom. The minimum atomic E-state index is -3.93. The van der Waals surface area contributed by atoms with Crippen LogP contribution in [0.3, 0.4) is 0 Å². The monoisotopic (exact) mass is 911 g/mol. The second kappa shape index (κ2) is 18.2. The molecule has 65 heavy (non-hydrogen) atoms. The molecule has 9 rings (SSSR count). The molecule has 0 bridgehead atoms. The highest BCUT2D eigenvalue weighted by atomic mass is 32.2. The van der Waals surface area contributed by atoms with E-state index in [0.717, 1.165) is 49.5 Å². The number of aromatic nitrogens is 3. The number of hydrogen-bond acceptors (Lipinski definition) is 12. The van der Waals surface area contributed by atoms with E-state index in [1.165, 1.54) is 4.90 Å². The number of sulfonamides is 1. The fourth-order valence-corrected chi connectivity index (χ4v) is 10.7. The van der Waals surface area contributed by atoms with Crippen LogP contribution in [0, 0.1) is 5.92 Å². The summed E-state index contributed by atoms with van der Waals surface area (Å²) in [7, 11) is -2.35. The van der Waals surface area contributed by atoms with Crippen LogP contribution in [0.4, 0.5) is 4.79 Å². The number of carbonyl (C=O) groups is 4. The van der Waals surface area contributed by atoms with Gasteiger partial charge < -0.3 is 34.5 Å². The highest BCUT2D eigenvalue weighted by molar-refractivity contribution is 7.91. The number of amides is 4. The maximum Gasteiger partial charge on any atom is 0.408 e. The molecule has 3 N–H and O–H groups in total. The predicted molar refractivity (Wildman–Crippen MR) is 240 cm³/mol. The summed E-state index contributed by atoms with van der Waals surface area (Å²) < 4.78 is 53.8. The van der Waals surface area contributed by atoms with Crippen molar-refractivity contribution < 1.29 is 46.5 Å². The maximum atomic E-state index is 14.9. The Balaban J connectivity index is 1.06.